The number of halogens is 7. The Bertz CT molecular complexity index is 1650. The Hall–Kier alpha value is -4.34. The van der Waals surface area contributed by atoms with Crippen molar-refractivity contribution in [3.05, 3.63) is 80.6 Å². The van der Waals surface area contributed by atoms with Gasteiger partial charge in [0, 0.05) is 25.0 Å². The molecule has 9 nitrogen and oxygen atoms in total. The van der Waals surface area contributed by atoms with Crippen molar-refractivity contribution in [2.45, 2.75) is 44.4 Å². The Labute approximate surface area is 218 Å². The second kappa shape index (κ2) is 10.7. The molecule has 0 spiro atoms. The van der Waals surface area contributed by atoms with E-state index >= 15 is 0 Å². The van der Waals surface area contributed by atoms with E-state index in [0.717, 1.165) is 10.6 Å². The van der Waals surface area contributed by atoms with Crippen molar-refractivity contribution in [1.29, 1.82) is 0 Å². The lowest BCUT2D eigenvalue weighted by molar-refractivity contribution is -0.140. The minimum absolute atomic E-state index is 0.114. The van der Waals surface area contributed by atoms with E-state index in [4.69, 9.17) is 4.74 Å². The van der Waals surface area contributed by atoms with Crippen LogP contribution in [-0.4, -0.2) is 42.0 Å². The standard InChI is InChI=1S/C24H18F7N5O4/c1-11(40-18-9-34-35-21(38)19(18)24(29,30)31)4-14(37)10-36-3-2-12-5-16(17(25)6-15(12)22(36)39)20-32-7-13(8-33-20)23(26,27)28/h2-3,5-9,11,14,37H,4,10H2,1H3,(H,35,38)/t11-,14+/m0/s1. The van der Waals surface area contributed by atoms with Gasteiger partial charge >= 0.3 is 12.4 Å². The Kier molecular flexibility index (Phi) is 7.65. The Balaban J connectivity index is 1.51. The Morgan fingerprint density at radius 2 is 1.73 bits per heavy atom. The molecule has 0 bridgehead atoms. The van der Waals surface area contributed by atoms with Gasteiger partial charge in [0.15, 0.2) is 17.1 Å². The summed E-state index contributed by atoms with van der Waals surface area (Å²) < 4.78 is 98.9. The highest BCUT2D eigenvalue weighted by molar-refractivity contribution is 5.85. The lowest BCUT2D eigenvalue weighted by Crippen LogP contribution is -2.31. The number of rotatable bonds is 7. The van der Waals surface area contributed by atoms with Gasteiger partial charge in [0.05, 0.1) is 41.5 Å². The molecule has 0 saturated heterocycles. The number of hydrogen-bond acceptors (Lipinski definition) is 7. The van der Waals surface area contributed by atoms with Crippen LogP contribution in [-0.2, 0) is 18.9 Å². The summed E-state index contributed by atoms with van der Waals surface area (Å²) in [5.74, 6) is -2.14. The zero-order valence-electron chi connectivity index (χ0n) is 20.2. The molecule has 0 aliphatic rings. The number of nitrogens with zero attached hydrogens (tertiary/aromatic N) is 4. The van der Waals surface area contributed by atoms with E-state index in [1.165, 1.54) is 25.3 Å². The molecule has 3 heterocycles. The molecule has 1 aromatic carbocycles. The van der Waals surface area contributed by atoms with Crippen LogP contribution in [0.1, 0.15) is 24.5 Å². The molecule has 0 amide bonds. The number of aliphatic hydroxyl groups is 1. The molecule has 2 N–H and O–H groups in total. The van der Waals surface area contributed by atoms with E-state index < -0.39 is 58.4 Å². The molecule has 0 aliphatic carbocycles. The van der Waals surface area contributed by atoms with Crippen molar-refractivity contribution >= 4 is 10.8 Å². The molecule has 16 heteroatoms. The fraction of sp³-hybridized carbons (Fsp3) is 0.292. The number of aliphatic hydroxyl groups excluding tert-OH is 1. The minimum Gasteiger partial charge on any atom is -0.488 e. The zero-order valence-corrected chi connectivity index (χ0v) is 20.2. The number of alkyl halides is 6. The van der Waals surface area contributed by atoms with Crippen molar-refractivity contribution in [2.24, 2.45) is 0 Å². The highest BCUT2D eigenvalue weighted by atomic mass is 19.4. The van der Waals surface area contributed by atoms with Crippen LogP contribution in [0.25, 0.3) is 22.2 Å². The van der Waals surface area contributed by atoms with Gasteiger partial charge in [-0.15, -0.1) is 0 Å². The van der Waals surface area contributed by atoms with Crippen LogP contribution in [0, 0.1) is 5.82 Å². The van der Waals surface area contributed by atoms with Gasteiger partial charge in [-0.1, -0.05) is 0 Å². The summed E-state index contributed by atoms with van der Waals surface area (Å²) in [6.45, 7) is 1.00. The molecule has 0 saturated carbocycles. The number of aromatic nitrogens is 5. The van der Waals surface area contributed by atoms with Crippen LogP contribution >= 0.6 is 0 Å². The maximum Gasteiger partial charge on any atom is 0.425 e. The van der Waals surface area contributed by atoms with E-state index in [1.54, 1.807) is 5.10 Å². The fourth-order valence-electron chi connectivity index (χ4n) is 3.92. The number of benzene rings is 1. The van der Waals surface area contributed by atoms with Gasteiger partial charge in [-0.25, -0.2) is 19.5 Å². The maximum atomic E-state index is 14.8. The molecule has 2 atom stereocenters. The second-order valence-corrected chi connectivity index (χ2v) is 8.74. The second-order valence-electron chi connectivity index (χ2n) is 8.74. The van der Waals surface area contributed by atoms with Crippen molar-refractivity contribution in [2.75, 3.05) is 0 Å². The Morgan fingerprint density at radius 1 is 1.05 bits per heavy atom. The van der Waals surface area contributed by atoms with Gasteiger partial charge in [-0.3, -0.25) is 9.59 Å². The van der Waals surface area contributed by atoms with Crippen LogP contribution in [0.3, 0.4) is 0 Å². The minimum atomic E-state index is -5.02. The average molecular weight is 573 g/mol. The molecule has 0 unspecified atom stereocenters. The predicted octanol–water partition coefficient (Wildman–Crippen LogP) is 3.94. The molecule has 4 aromatic rings. The van der Waals surface area contributed by atoms with Gasteiger partial charge in [-0.2, -0.15) is 31.4 Å². The van der Waals surface area contributed by atoms with Crippen LogP contribution in [0.5, 0.6) is 5.75 Å². The van der Waals surface area contributed by atoms with Gasteiger partial charge in [0.1, 0.15) is 5.82 Å². The van der Waals surface area contributed by atoms with E-state index in [9.17, 15) is 45.4 Å². The van der Waals surface area contributed by atoms with Gasteiger partial charge in [0.25, 0.3) is 11.1 Å². The number of H-pyrrole nitrogens is 1. The molecule has 0 aliphatic heterocycles. The molecule has 0 radical (unpaired) electrons. The number of ether oxygens (including phenoxy) is 1. The number of fused-ring (bicyclic) bond motifs is 1. The zero-order chi connectivity index (χ0) is 29.4. The van der Waals surface area contributed by atoms with Gasteiger partial charge in [0.2, 0.25) is 0 Å². The first-order valence-electron chi connectivity index (χ1n) is 11.4. The molecule has 0 fully saturated rings. The van der Waals surface area contributed by atoms with Crippen molar-refractivity contribution in [3.63, 3.8) is 0 Å². The topological polar surface area (TPSA) is 123 Å². The molecule has 40 heavy (non-hydrogen) atoms. The predicted molar refractivity (Wildman–Crippen MR) is 125 cm³/mol. The van der Waals surface area contributed by atoms with Gasteiger partial charge in [-0.05, 0) is 30.5 Å². The van der Waals surface area contributed by atoms with E-state index in [2.05, 4.69) is 15.1 Å². The van der Waals surface area contributed by atoms with Crippen LogP contribution in [0.4, 0.5) is 30.7 Å². The van der Waals surface area contributed by atoms with E-state index in [1.807, 2.05) is 0 Å². The lowest BCUT2D eigenvalue weighted by Gasteiger charge is -2.20. The summed E-state index contributed by atoms with van der Waals surface area (Å²) in [6, 6.07) is 3.45. The van der Waals surface area contributed by atoms with E-state index in [0.29, 0.717) is 18.6 Å². The molecule has 3 aromatic heterocycles. The first-order chi connectivity index (χ1) is 18.6. The summed E-state index contributed by atoms with van der Waals surface area (Å²) in [4.78, 5) is 31.6. The first-order valence-corrected chi connectivity index (χ1v) is 11.4. The van der Waals surface area contributed by atoms with Crippen molar-refractivity contribution in [1.82, 2.24) is 24.7 Å². The van der Waals surface area contributed by atoms with Gasteiger partial charge < -0.3 is 14.4 Å². The average Bonchev–Trinajstić information content (AvgIpc) is 2.84. The lowest BCUT2D eigenvalue weighted by atomic mass is 10.1. The third-order valence-corrected chi connectivity index (χ3v) is 5.73. The third kappa shape index (κ3) is 6.11. The number of aromatic amines is 1. The summed E-state index contributed by atoms with van der Waals surface area (Å²) >= 11 is 0. The monoisotopic (exact) mass is 573 g/mol. The number of hydrogen-bond donors (Lipinski definition) is 2. The smallest absolute Gasteiger partial charge is 0.425 e. The van der Waals surface area contributed by atoms with E-state index in [-0.39, 0.29) is 35.1 Å². The summed E-state index contributed by atoms with van der Waals surface area (Å²) in [6.07, 6.45) is -9.33. The van der Waals surface area contributed by atoms with Crippen molar-refractivity contribution < 1.29 is 40.6 Å². The quantitative estimate of drug-likeness (QED) is 0.321. The van der Waals surface area contributed by atoms with Crippen molar-refractivity contribution in [3.8, 4) is 17.1 Å². The fourth-order valence-corrected chi connectivity index (χ4v) is 3.92. The van der Waals surface area contributed by atoms with Crippen LogP contribution in [0.2, 0.25) is 0 Å². The van der Waals surface area contributed by atoms with Crippen LogP contribution in [0.15, 0.2) is 52.6 Å². The largest absolute Gasteiger partial charge is 0.488 e. The number of nitrogens with one attached hydrogen (secondary N) is 1. The highest BCUT2D eigenvalue weighted by Crippen LogP contribution is 2.33. The molecular formula is C24H18F7N5O4. The summed E-state index contributed by atoms with van der Waals surface area (Å²) in [5.41, 5.74) is -5.16. The normalized spacial score (nSPS) is 13.8. The molecule has 4 rings (SSSR count). The molecule has 212 valence electrons. The third-order valence-electron chi connectivity index (χ3n) is 5.73. The maximum absolute atomic E-state index is 14.8. The number of pyridine rings is 1. The summed E-state index contributed by atoms with van der Waals surface area (Å²) in [5, 5.41) is 15.5. The molecular weight excluding hydrogens is 555 g/mol. The highest BCUT2D eigenvalue weighted by Gasteiger charge is 2.38. The Morgan fingerprint density at radius 3 is 2.35 bits per heavy atom. The SMILES string of the molecule is C[C@@H](C[C@@H](O)Cn1ccc2cc(-c3ncc(C(F)(F)F)cn3)c(F)cc2c1=O)Oc1cn[nH]c(=O)c1C(F)(F)F. The summed E-state index contributed by atoms with van der Waals surface area (Å²) in [7, 11) is 0. The van der Waals surface area contributed by atoms with Crippen LogP contribution < -0.4 is 15.9 Å². The first kappa shape index (κ1) is 28.7.